The molecule has 0 aliphatic heterocycles. The molecule has 1 amide bonds. The average Bonchev–Trinajstić information content (AvgIpc) is 2.46. The summed E-state index contributed by atoms with van der Waals surface area (Å²) in [6, 6.07) is 3.80. The molecule has 0 aliphatic carbocycles. The first kappa shape index (κ1) is 16.2. The molecule has 110 valence electrons. The molecule has 0 radical (unpaired) electrons. The summed E-state index contributed by atoms with van der Waals surface area (Å²) < 4.78 is 5.52. The van der Waals surface area contributed by atoms with Gasteiger partial charge in [0.15, 0.2) is 6.10 Å². The van der Waals surface area contributed by atoms with Crippen LogP contribution in [0.2, 0.25) is 0 Å². The van der Waals surface area contributed by atoms with Gasteiger partial charge in [-0.3, -0.25) is 9.78 Å². The number of hydrogen-bond donors (Lipinski definition) is 2. The molecule has 0 aliphatic rings. The third-order valence-electron chi connectivity index (χ3n) is 2.90. The van der Waals surface area contributed by atoms with Crippen molar-refractivity contribution in [3.63, 3.8) is 0 Å². The Hall–Kier alpha value is -1.88. The van der Waals surface area contributed by atoms with E-state index in [1.165, 1.54) is 0 Å². The van der Waals surface area contributed by atoms with E-state index in [2.05, 4.69) is 16.9 Å². The minimum atomic E-state index is -0.569. The zero-order chi connectivity index (χ0) is 15.0. The Bertz CT molecular complexity index is 431. The number of hydrogen-bond acceptors (Lipinski definition) is 4. The molecular formula is C15H23N3O2. The van der Waals surface area contributed by atoms with E-state index in [9.17, 15) is 4.79 Å². The molecule has 0 bridgehead atoms. The van der Waals surface area contributed by atoms with Gasteiger partial charge in [0.05, 0.1) is 6.20 Å². The first-order valence-corrected chi connectivity index (χ1v) is 6.82. The molecule has 2 atom stereocenters. The summed E-state index contributed by atoms with van der Waals surface area (Å²) in [4.78, 5) is 15.9. The Kier molecular flexibility index (Phi) is 6.73. The number of nitrogens with zero attached hydrogens (tertiary/aromatic N) is 1. The van der Waals surface area contributed by atoms with Crippen LogP contribution in [0.15, 0.2) is 31.0 Å². The van der Waals surface area contributed by atoms with Crippen molar-refractivity contribution in [1.82, 2.24) is 10.3 Å². The van der Waals surface area contributed by atoms with Gasteiger partial charge < -0.3 is 15.8 Å². The molecule has 0 aromatic carbocycles. The molecule has 0 saturated heterocycles. The lowest BCUT2D eigenvalue weighted by molar-refractivity contribution is -0.127. The summed E-state index contributed by atoms with van der Waals surface area (Å²) in [6.45, 7) is 7.71. The number of nitrogens with two attached hydrogens (primary N) is 1. The van der Waals surface area contributed by atoms with Gasteiger partial charge in [0.2, 0.25) is 0 Å². The van der Waals surface area contributed by atoms with Gasteiger partial charge in [0.1, 0.15) is 5.75 Å². The number of carbonyl (C=O) groups is 1. The maximum atomic E-state index is 11.6. The van der Waals surface area contributed by atoms with Gasteiger partial charge in [0.25, 0.3) is 5.91 Å². The number of rotatable bonds is 8. The zero-order valence-electron chi connectivity index (χ0n) is 12.1. The summed E-state index contributed by atoms with van der Waals surface area (Å²) in [7, 11) is 0. The monoisotopic (exact) mass is 277 g/mol. The van der Waals surface area contributed by atoms with E-state index in [4.69, 9.17) is 10.5 Å². The molecule has 1 aromatic rings. The number of pyridine rings is 1. The third-order valence-corrected chi connectivity index (χ3v) is 2.90. The maximum absolute atomic E-state index is 11.6. The fourth-order valence-corrected chi connectivity index (χ4v) is 1.59. The highest BCUT2D eigenvalue weighted by molar-refractivity contribution is 5.80. The van der Waals surface area contributed by atoms with Crippen molar-refractivity contribution < 1.29 is 9.53 Å². The number of amides is 1. The van der Waals surface area contributed by atoms with Gasteiger partial charge in [-0.05, 0) is 25.5 Å². The van der Waals surface area contributed by atoms with Gasteiger partial charge in [-0.15, -0.1) is 6.58 Å². The van der Waals surface area contributed by atoms with Crippen LogP contribution in [0, 0.1) is 0 Å². The summed E-state index contributed by atoms with van der Waals surface area (Å²) in [5.74, 6) is 0.391. The number of carbonyl (C=O) groups excluding carboxylic acids is 1. The van der Waals surface area contributed by atoms with Crippen LogP contribution in [-0.4, -0.2) is 29.6 Å². The molecule has 5 heteroatoms. The van der Waals surface area contributed by atoms with Crippen LogP contribution in [-0.2, 0) is 11.2 Å². The van der Waals surface area contributed by atoms with Gasteiger partial charge in [-0.2, -0.15) is 0 Å². The summed E-state index contributed by atoms with van der Waals surface area (Å²) in [5, 5.41) is 2.68. The smallest absolute Gasteiger partial charge is 0.261 e. The lowest BCUT2D eigenvalue weighted by Gasteiger charge is -2.14. The van der Waals surface area contributed by atoms with Crippen LogP contribution in [0.25, 0.3) is 0 Å². The molecule has 0 fully saturated rings. The Morgan fingerprint density at radius 1 is 1.60 bits per heavy atom. The highest BCUT2D eigenvalue weighted by atomic mass is 16.5. The van der Waals surface area contributed by atoms with Gasteiger partial charge >= 0.3 is 0 Å². The summed E-state index contributed by atoms with van der Waals surface area (Å²) >= 11 is 0. The van der Waals surface area contributed by atoms with E-state index in [0.29, 0.717) is 12.3 Å². The topological polar surface area (TPSA) is 77.2 Å². The Morgan fingerprint density at radius 3 is 2.90 bits per heavy atom. The molecule has 5 nitrogen and oxygen atoms in total. The van der Waals surface area contributed by atoms with Crippen LogP contribution in [0.5, 0.6) is 5.75 Å². The van der Waals surface area contributed by atoms with Crippen molar-refractivity contribution in [2.24, 2.45) is 5.73 Å². The number of aromatic nitrogens is 1. The van der Waals surface area contributed by atoms with Crippen LogP contribution in [0.3, 0.4) is 0 Å². The van der Waals surface area contributed by atoms with Crippen LogP contribution in [0.4, 0.5) is 0 Å². The highest BCUT2D eigenvalue weighted by Gasteiger charge is 2.13. The van der Waals surface area contributed by atoms with Crippen molar-refractivity contribution in [1.29, 1.82) is 0 Å². The largest absolute Gasteiger partial charge is 0.479 e. The van der Waals surface area contributed by atoms with Crippen LogP contribution < -0.4 is 15.8 Å². The average molecular weight is 277 g/mol. The van der Waals surface area contributed by atoms with E-state index in [-0.39, 0.29) is 11.9 Å². The number of ether oxygens (including phenoxy) is 1. The Balaban J connectivity index is 2.52. The first-order chi connectivity index (χ1) is 9.56. The summed E-state index contributed by atoms with van der Waals surface area (Å²) in [6.07, 6.45) is 4.33. The second-order valence-electron chi connectivity index (χ2n) is 4.65. The SMILES string of the molecule is C=CCNC(=O)C(C)Oc1ccc(CC(N)CC)nc1. The van der Waals surface area contributed by atoms with E-state index < -0.39 is 6.10 Å². The minimum absolute atomic E-state index is 0.123. The van der Waals surface area contributed by atoms with Crippen molar-refractivity contribution in [2.75, 3.05) is 6.54 Å². The quantitative estimate of drug-likeness (QED) is 0.705. The lowest BCUT2D eigenvalue weighted by atomic mass is 10.1. The maximum Gasteiger partial charge on any atom is 0.261 e. The molecule has 1 aromatic heterocycles. The van der Waals surface area contributed by atoms with E-state index in [1.807, 2.05) is 19.1 Å². The minimum Gasteiger partial charge on any atom is -0.479 e. The van der Waals surface area contributed by atoms with E-state index in [0.717, 1.165) is 18.5 Å². The molecule has 3 N–H and O–H groups in total. The standard InChI is InChI=1S/C15H23N3O2/c1-4-8-17-15(19)11(3)20-14-7-6-13(18-10-14)9-12(16)5-2/h4,6-7,10-12H,1,5,8-9,16H2,2-3H3,(H,17,19). The predicted molar refractivity (Wildman–Crippen MR) is 79.5 cm³/mol. The molecule has 2 unspecified atom stereocenters. The zero-order valence-corrected chi connectivity index (χ0v) is 12.1. The van der Waals surface area contributed by atoms with Crippen LogP contribution in [0.1, 0.15) is 26.0 Å². The predicted octanol–water partition coefficient (Wildman–Crippen LogP) is 1.43. The van der Waals surface area contributed by atoms with Crippen molar-refractivity contribution in [3.8, 4) is 5.75 Å². The van der Waals surface area contributed by atoms with Gasteiger partial charge in [-0.1, -0.05) is 13.0 Å². The van der Waals surface area contributed by atoms with Crippen LogP contribution >= 0.6 is 0 Å². The first-order valence-electron chi connectivity index (χ1n) is 6.82. The number of nitrogens with one attached hydrogen (secondary N) is 1. The van der Waals surface area contributed by atoms with Crippen molar-refractivity contribution in [3.05, 3.63) is 36.7 Å². The van der Waals surface area contributed by atoms with E-state index >= 15 is 0 Å². The van der Waals surface area contributed by atoms with Crippen molar-refractivity contribution in [2.45, 2.75) is 38.8 Å². The molecule has 0 spiro atoms. The molecule has 0 saturated carbocycles. The molecule has 1 heterocycles. The highest BCUT2D eigenvalue weighted by Crippen LogP contribution is 2.12. The van der Waals surface area contributed by atoms with Crippen molar-refractivity contribution >= 4 is 5.91 Å². The summed E-state index contributed by atoms with van der Waals surface area (Å²) in [5.41, 5.74) is 6.80. The normalized spacial score (nSPS) is 13.3. The molecule has 1 rings (SSSR count). The molecular weight excluding hydrogens is 254 g/mol. The van der Waals surface area contributed by atoms with Gasteiger partial charge in [-0.25, -0.2) is 0 Å². The Labute approximate surface area is 120 Å². The second kappa shape index (κ2) is 8.32. The third kappa shape index (κ3) is 5.40. The fourth-order valence-electron chi connectivity index (χ4n) is 1.59. The lowest BCUT2D eigenvalue weighted by Crippen LogP contribution is -2.36. The van der Waals surface area contributed by atoms with E-state index in [1.54, 1.807) is 19.2 Å². The molecule has 20 heavy (non-hydrogen) atoms. The Morgan fingerprint density at radius 2 is 2.35 bits per heavy atom. The van der Waals surface area contributed by atoms with Gasteiger partial charge in [0, 0.05) is 24.7 Å². The fraction of sp³-hybridized carbons (Fsp3) is 0.467. The second-order valence-corrected chi connectivity index (χ2v) is 4.65.